The van der Waals surface area contributed by atoms with Gasteiger partial charge in [-0.3, -0.25) is 9.80 Å². The lowest BCUT2D eigenvalue weighted by Gasteiger charge is -2.34. The van der Waals surface area contributed by atoms with E-state index in [2.05, 4.69) is 23.6 Å². The van der Waals surface area contributed by atoms with Crippen molar-refractivity contribution in [1.29, 1.82) is 0 Å². The highest BCUT2D eigenvalue weighted by atomic mass is 15.3. The molecule has 0 aromatic carbocycles. The van der Waals surface area contributed by atoms with Crippen molar-refractivity contribution < 1.29 is 0 Å². The van der Waals surface area contributed by atoms with Crippen LogP contribution in [0.2, 0.25) is 0 Å². The predicted octanol–water partition coefficient (Wildman–Crippen LogP) is 2.06. The standard InChI is InChI=1S/C15H31N3/c1-3-15(16,4-2)13-17-11-8-14(12-17)18-9-6-5-7-10-18/h14H,3-13,16H2,1-2H3. The maximum absolute atomic E-state index is 6.45. The quantitative estimate of drug-likeness (QED) is 0.814. The topological polar surface area (TPSA) is 32.5 Å². The first kappa shape index (κ1) is 14.3. The first-order valence-corrected chi connectivity index (χ1v) is 7.92. The summed E-state index contributed by atoms with van der Waals surface area (Å²) in [6.07, 6.45) is 7.78. The summed E-state index contributed by atoms with van der Waals surface area (Å²) < 4.78 is 0. The molecule has 3 nitrogen and oxygen atoms in total. The number of hydrogen-bond acceptors (Lipinski definition) is 3. The highest BCUT2D eigenvalue weighted by Gasteiger charge is 2.32. The van der Waals surface area contributed by atoms with Crippen LogP contribution in [0.5, 0.6) is 0 Å². The Balaban J connectivity index is 1.80. The predicted molar refractivity (Wildman–Crippen MR) is 77.8 cm³/mol. The third-order valence-corrected chi connectivity index (χ3v) is 5.10. The van der Waals surface area contributed by atoms with E-state index in [0.29, 0.717) is 0 Å². The number of piperidine rings is 1. The molecule has 2 aliphatic rings. The molecule has 2 saturated heterocycles. The smallest absolute Gasteiger partial charge is 0.0278 e. The molecule has 1 unspecified atom stereocenters. The van der Waals surface area contributed by atoms with Crippen molar-refractivity contribution in [3.05, 3.63) is 0 Å². The molecular formula is C15H31N3. The molecule has 2 fully saturated rings. The molecule has 0 amide bonds. The fourth-order valence-corrected chi connectivity index (χ4v) is 3.46. The van der Waals surface area contributed by atoms with Crippen molar-refractivity contribution in [2.75, 3.05) is 32.7 Å². The van der Waals surface area contributed by atoms with Crippen LogP contribution in [0.25, 0.3) is 0 Å². The monoisotopic (exact) mass is 253 g/mol. The Kier molecular flexibility index (Phi) is 5.05. The molecule has 0 aliphatic carbocycles. The van der Waals surface area contributed by atoms with Crippen molar-refractivity contribution in [3.63, 3.8) is 0 Å². The molecule has 2 heterocycles. The average Bonchev–Trinajstić information content (AvgIpc) is 2.88. The Morgan fingerprint density at radius 3 is 2.33 bits per heavy atom. The van der Waals surface area contributed by atoms with Crippen molar-refractivity contribution >= 4 is 0 Å². The molecule has 0 radical (unpaired) electrons. The zero-order chi connectivity index (χ0) is 13.0. The number of hydrogen-bond donors (Lipinski definition) is 1. The Labute approximate surface area is 113 Å². The van der Waals surface area contributed by atoms with Crippen LogP contribution in [0, 0.1) is 0 Å². The molecular weight excluding hydrogens is 222 g/mol. The van der Waals surface area contributed by atoms with Crippen LogP contribution in [0.1, 0.15) is 52.4 Å². The maximum Gasteiger partial charge on any atom is 0.0278 e. The number of nitrogens with two attached hydrogens (primary N) is 1. The molecule has 0 bridgehead atoms. The third kappa shape index (κ3) is 3.46. The number of nitrogens with zero attached hydrogens (tertiary/aromatic N) is 2. The van der Waals surface area contributed by atoms with Gasteiger partial charge in [-0.15, -0.1) is 0 Å². The van der Waals surface area contributed by atoms with Gasteiger partial charge in [-0.05, 0) is 51.7 Å². The minimum absolute atomic E-state index is 0.0385. The van der Waals surface area contributed by atoms with Gasteiger partial charge in [0.25, 0.3) is 0 Å². The Hall–Kier alpha value is -0.120. The molecule has 18 heavy (non-hydrogen) atoms. The lowest BCUT2D eigenvalue weighted by molar-refractivity contribution is 0.154. The Morgan fingerprint density at radius 2 is 1.72 bits per heavy atom. The van der Waals surface area contributed by atoms with E-state index < -0.39 is 0 Å². The van der Waals surface area contributed by atoms with Crippen LogP contribution in [0.15, 0.2) is 0 Å². The van der Waals surface area contributed by atoms with Crippen LogP contribution in [0.3, 0.4) is 0 Å². The van der Waals surface area contributed by atoms with Crippen molar-refractivity contribution in [3.8, 4) is 0 Å². The minimum atomic E-state index is 0.0385. The summed E-state index contributed by atoms with van der Waals surface area (Å²) in [5, 5.41) is 0. The Bertz CT molecular complexity index is 244. The molecule has 2 aliphatic heterocycles. The van der Waals surface area contributed by atoms with Gasteiger partial charge in [0.1, 0.15) is 0 Å². The summed E-state index contributed by atoms with van der Waals surface area (Å²) in [5.74, 6) is 0. The van der Waals surface area contributed by atoms with Crippen molar-refractivity contribution in [2.45, 2.75) is 64.0 Å². The van der Waals surface area contributed by atoms with E-state index in [1.54, 1.807) is 0 Å². The van der Waals surface area contributed by atoms with Crippen molar-refractivity contribution in [1.82, 2.24) is 9.80 Å². The summed E-state index contributed by atoms with van der Waals surface area (Å²) in [6, 6.07) is 0.809. The molecule has 0 spiro atoms. The largest absolute Gasteiger partial charge is 0.324 e. The van der Waals surface area contributed by atoms with E-state index in [9.17, 15) is 0 Å². The Morgan fingerprint density at radius 1 is 1.06 bits per heavy atom. The third-order valence-electron chi connectivity index (χ3n) is 5.10. The van der Waals surface area contributed by atoms with Crippen molar-refractivity contribution in [2.24, 2.45) is 5.73 Å². The SMILES string of the molecule is CCC(N)(CC)CN1CCC(N2CCCCC2)C1. The molecule has 0 aromatic heterocycles. The number of rotatable bonds is 5. The van der Waals surface area contributed by atoms with Crippen LogP contribution in [-0.4, -0.2) is 54.1 Å². The van der Waals surface area contributed by atoms with Gasteiger partial charge >= 0.3 is 0 Å². The van der Waals surface area contributed by atoms with Gasteiger partial charge in [-0.2, -0.15) is 0 Å². The molecule has 0 aromatic rings. The van der Waals surface area contributed by atoms with Gasteiger partial charge in [0.15, 0.2) is 0 Å². The molecule has 2 N–H and O–H groups in total. The fraction of sp³-hybridized carbons (Fsp3) is 1.00. The normalized spacial score (nSPS) is 27.8. The van der Waals surface area contributed by atoms with Gasteiger partial charge in [-0.1, -0.05) is 20.3 Å². The molecule has 106 valence electrons. The first-order chi connectivity index (χ1) is 8.67. The summed E-state index contributed by atoms with van der Waals surface area (Å²) in [4.78, 5) is 5.33. The lowest BCUT2D eigenvalue weighted by atomic mass is 9.94. The van der Waals surface area contributed by atoms with E-state index in [4.69, 9.17) is 5.73 Å². The molecule has 3 heteroatoms. The van der Waals surface area contributed by atoms with Gasteiger partial charge in [0.2, 0.25) is 0 Å². The van der Waals surface area contributed by atoms with E-state index >= 15 is 0 Å². The fourth-order valence-electron chi connectivity index (χ4n) is 3.46. The summed E-state index contributed by atoms with van der Waals surface area (Å²) >= 11 is 0. The summed E-state index contributed by atoms with van der Waals surface area (Å²) in [6.45, 7) is 10.7. The molecule has 2 rings (SSSR count). The average molecular weight is 253 g/mol. The zero-order valence-corrected chi connectivity index (χ0v) is 12.3. The van der Waals surface area contributed by atoms with E-state index in [0.717, 1.165) is 25.4 Å². The first-order valence-electron chi connectivity index (χ1n) is 7.92. The second-order valence-corrected chi connectivity index (χ2v) is 6.34. The van der Waals surface area contributed by atoms with E-state index in [1.807, 2.05) is 0 Å². The zero-order valence-electron chi connectivity index (χ0n) is 12.3. The molecule has 1 atom stereocenters. The minimum Gasteiger partial charge on any atom is -0.324 e. The number of likely N-dealkylation sites (tertiary alicyclic amines) is 2. The summed E-state index contributed by atoms with van der Waals surface area (Å²) in [5.41, 5.74) is 6.48. The highest BCUT2D eigenvalue weighted by molar-refractivity contribution is 4.91. The van der Waals surface area contributed by atoms with E-state index in [-0.39, 0.29) is 5.54 Å². The van der Waals surface area contributed by atoms with Crippen LogP contribution >= 0.6 is 0 Å². The highest BCUT2D eigenvalue weighted by Crippen LogP contribution is 2.22. The second-order valence-electron chi connectivity index (χ2n) is 6.34. The van der Waals surface area contributed by atoms with E-state index in [1.165, 1.54) is 51.9 Å². The summed E-state index contributed by atoms with van der Waals surface area (Å²) in [7, 11) is 0. The van der Waals surface area contributed by atoms with Crippen LogP contribution < -0.4 is 5.73 Å². The van der Waals surface area contributed by atoms with Gasteiger partial charge in [0.05, 0.1) is 0 Å². The molecule has 0 saturated carbocycles. The van der Waals surface area contributed by atoms with Gasteiger partial charge in [-0.25, -0.2) is 0 Å². The van der Waals surface area contributed by atoms with Gasteiger partial charge < -0.3 is 5.73 Å². The van der Waals surface area contributed by atoms with Gasteiger partial charge in [0, 0.05) is 24.7 Å². The second kappa shape index (κ2) is 6.36. The van der Waals surface area contributed by atoms with Crippen LogP contribution in [0.4, 0.5) is 0 Å². The van der Waals surface area contributed by atoms with Crippen LogP contribution in [-0.2, 0) is 0 Å². The maximum atomic E-state index is 6.45. The lowest BCUT2D eigenvalue weighted by Crippen LogP contribution is -2.49.